The number of nitrogens with zero attached hydrogens (tertiary/aromatic N) is 3. The second kappa shape index (κ2) is 5.22. The van der Waals surface area contributed by atoms with Crippen LogP contribution in [0.4, 0.5) is 5.69 Å². The van der Waals surface area contributed by atoms with Crippen LogP contribution in [0.15, 0.2) is 41.5 Å². The Kier molecular flexibility index (Phi) is 3.27. The summed E-state index contributed by atoms with van der Waals surface area (Å²) in [5.74, 6) is 0. The molecular formula is C14H16N4O. The Bertz CT molecular complexity index is 604. The van der Waals surface area contributed by atoms with Crippen molar-refractivity contribution in [1.82, 2.24) is 14.8 Å². The van der Waals surface area contributed by atoms with Crippen molar-refractivity contribution in [3.63, 3.8) is 0 Å². The molecule has 0 bridgehead atoms. The topological polar surface area (TPSA) is 59.8 Å². The molecule has 19 heavy (non-hydrogen) atoms. The van der Waals surface area contributed by atoms with E-state index in [2.05, 4.69) is 15.4 Å². The van der Waals surface area contributed by atoms with E-state index in [1.54, 1.807) is 18.5 Å². The maximum atomic E-state index is 11.9. The van der Waals surface area contributed by atoms with Gasteiger partial charge in [0.2, 0.25) is 0 Å². The molecule has 1 saturated carbocycles. The zero-order valence-electron chi connectivity index (χ0n) is 10.6. The Hall–Kier alpha value is -2.17. The first-order valence-corrected chi connectivity index (χ1v) is 6.55. The lowest BCUT2D eigenvalue weighted by atomic mass is 10.3. The summed E-state index contributed by atoms with van der Waals surface area (Å²) >= 11 is 0. The van der Waals surface area contributed by atoms with E-state index in [1.807, 2.05) is 18.2 Å². The Labute approximate surface area is 111 Å². The van der Waals surface area contributed by atoms with Gasteiger partial charge in [-0.15, -0.1) is 0 Å². The number of anilines is 1. The zero-order valence-corrected chi connectivity index (χ0v) is 10.6. The molecule has 2 aromatic rings. The number of rotatable bonds is 5. The van der Waals surface area contributed by atoms with Gasteiger partial charge < -0.3 is 5.32 Å². The summed E-state index contributed by atoms with van der Waals surface area (Å²) in [7, 11) is 0. The Balaban J connectivity index is 1.65. The molecule has 0 aromatic carbocycles. The van der Waals surface area contributed by atoms with Crippen LogP contribution in [-0.2, 0) is 13.0 Å². The molecule has 1 aliphatic carbocycles. The first kappa shape index (κ1) is 11.9. The van der Waals surface area contributed by atoms with Gasteiger partial charge in [-0.05, 0) is 25.0 Å². The van der Waals surface area contributed by atoms with E-state index in [4.69, 9.17) is 0 Å². The first-order valence-electron chi connectivity index (χ1n) is 6.55. The molecule has 0 aliphatic heterocycles. The molecule has 98 valence electrons. The molecule has 2 heterocycles. The lowest BCUT2D eigenvalue weighted by molar-refractivity contribution is 0.573. The van der Waals surface area contributed by atoms with E-state index in [0.29, 0.717) is 19.0 Å². The molecular weight excluding hydrogens is 240 g/mol. The molecule has 1 aliphatic rings. The molecule has 0 atom stereocenters. The van der Waals surface area contributed by atoms with Gasteiger partial charge in [-0.1, -0.05) is 6.07 Å². The van der Waals surface area contributed by atoms with Crippen LogP contribution >= 0.6 is 0 Å². The summed E-state index contributed by atoms with van der Waals surface area (Å²) in [6.07, 6.45) is 6.56. The Morgan fingerprint density at radius 1 is 1.37 bits per heavy atom. The summed E-state index contributed by atoms with van der Waals surface area (Å²) in [5.41, 5.74) is 1.72. The Morgan fingerprint density at radius 3 is 2.95 bits per heavy atom. The predicted molar refractivity (Wildman–Crippen MR) is 73.1 cm³/mol. The second-order valence-corrected chi connectivity index (χ2v) is 4.80. The summed E-state index contributed by atoms with van der Waals surface area (Å²) in [6.45, 7) is 0.555. The summed E-state index contributed by atoms with van der Waals surface area (Å²) in [6, 6.07) is 7.93. The number of hydrogen-bond donors (Lipinski definition) is 1. The molecule has 3 rings (SSSR count). The molecule has 5 heteroatoms. The molecule has 0 saturated heterocycles. The normalized spacial score (nSPS) is 14.3. The van der Waals surface area contributed by atoms with E-state index in [-0.39, 0.29) is 5.56 Å². The van der Waals surface area contributed by atoms with Crippen molar-refractivity contribution in [2.75, 3.05) is 5.32 Å². The van der Waals surface area contributed by atoms with E-state index < -0.39 is 0 Å². The first-order chi connectivity index (χ1) is 9.31. The van der Waals surface area contributed by atoms with Gasteiger partial charge in [-0.2, -0.15) is 5.10 Å². The second-order valence-electron chi connectivity index (χ2n) is 4.80. The lowest BCUT2D eigenvalue weighted by Gasteiger charge is -2.07. The third-order valence-corrected chi connectivity index (χ3v) is 3.12. The number of nitrogens with one attached hydrogen (secondary N) is 1. The van der Waals surface area contributed by atoms with Crippen LogP contribution in [0.5, 0.6) is 0 Å². The fraction of sp³-hybridized carbons (Fsp3) is 0.357. The van der Waals surface area contributed by atoms with Gasteiger partial charge in [0.05, 0.1) is 18.4 Å². The van der Waals surface area contributed by atoms with Crippen LogP contribution in [0.1, 0.15) is 18.5 Å². The minimum Gasteiger partial charge on any atom is -0.381 e. The van der Waals surface area contributed by atoms with Crippen molar-refractivity contribution in [3.8, 4) is 0 Å². The van der Waals surface area contributed by atoms with Crippen LogP contribution in [0.3, 0.4) is 0 Å². The number of aryl methyl sites for hydroxylation is 2. The van der Waals surface area contributed by atoms with Gasteiger partial charge in [0.25, 0.3) is 5.56 Å². The quantitative estimate of drug-likeness (QED) is 0.879. The summed E-state index contributed by atoms with van der Waals surface area (Å²) in [4.78, 5) is 16.1. The monoisotopic (exact) mass is 256 g/mol. The van der Waals surface area contributed by atoms with E-state index in [0.717, 1.165) is 11.4 Å². The van der Waals surface area contributed by atoms with Gasteiger partial charge in [-0.25, -0.2) is 4.68 Å². The van der Waals surface area contributed by atoms with E-state index >= 15 is 0 Å². The van der Waals surface area contributed by atoms with Crippen molar-refractivity contribution in [1.29, 1.82) is 0 Å². The summed E-state index contributed by atoms with van der Waals surface area (Å²) < 4.78 is 1.48. The minimum atomic E-state index is -0.0680. The van der Waals surface area contributed by atoms with Gasteiger partial charge in [0.15, 0.2) is 0 Å². The van der Waals surface area contributed by atoms with Crippen LogP contribution < -0.4 is 10.9 Å². The van der Waals surface area contributed by atoms with Gasteiger partial charge in [0.1, 0.15) is 0 Å². The Morgan fingerprint density at radius 2 is 2.26 bits per heavy atom. The van der Waals surface area contributed by atoms with Crippen molar-refractivity contribution in [2.45, 2.75) is 31.8 Å². The standard InChI is InChI=1S/C14H16N4O/c19-14-9-13(17-12-4-5-12)10-16-18(14)8-6-11-3-1-2-7-15-11/h1-3,7,9-10,12,17H,4-6,8H2. The van der Waals surface area contributed by atoms with Crippen LogP contribution in [-0.4, -0.2) is 20.8 Å². The number of aromatic nitrogens is 3. The van der Waals surface area contributed by atoms with Crippen molar-refractivity contribution < 1.29 is 0 Å². The SMILES string of the molecule is O=c1cc(NC2CC2)cnn1CCc1ccccn1. The molecule has 0 spiro atoms. The molecule has 0 radical (unpaired) electrons. The number of pyridine rings is 1. The number of hydrogen-bond acceptors (Lipinski definition) is 4. The highest BCUT2D eigenvalue weighted by Crippen LogP contribution is 2.23. The highest BCUT2D eigenvalue weighted by atomic mass is 16.1. The van der Waals surface area contributed by atoms with E-state index in [9.17, 15) is 4.79 Å². The van der Waals surface area contributed by atoms with Crippen LogP contribution in [0.2, 0.25) is 0 Å². The highest BCUT2D eigenvalue weighted by Gasteiger charge is 2.20. The minimum absolute atomic E-state index is 0.0680. The summed E-state index contributed by atoms with van der Waals surface area (Å²) in [5, 5.41) is 7.46. The molecule has 0 unspecified atom stereocenters. The lowest BCUT2D eigenvalue weighted by Crippen LogP contribution is -2.23. The fourth-order valence-corrected chi connectivity index (χ4v) is 1.91. The average Bonchev–Trinajstić information content (AvgIpc) is 3.23. The van der Waals surface area contributed by atoms with Crippen molar-refractivity contribution in [3.05, 3.63) is 52.7 Å². The highest BCUT2D eigenvalue weighted by molar-refractivity contribution is 5.41. The molecule has 2 aromatic heterocycles. The fourth-order valence-electron chi connectivity index (χ4n) is 1.91. The maximum absolute atomic E-state index is 11.9. The third kappa shape index (κ3) is 3.19. The van der Waals surface area contributed by atoms with Crippen molar-refractivity contribution in [2.24, 2.45) is 0 Å². The molecule has 1 fully saturated rings. The largest absolute Gasteiger partial charge is 0.381 e. The van der Waals surface area contributed by atoms with Gasteiger partial charge >= 0.3 is 0 Å². The van der Waals surface area contributed by atoms with Crippen LogP contribution in [0.25, 0.3) is 0 Å². The average molecular weight is 256 g/mol. The zero-order chi connectivity index (χ0) is 13.1. The molecule has 5 nitrogen and oxygen atoms in total. The van der Waals surface area contributed by atoms with Gasteiger partial charge in [0, 0.05) is 30.4 Å². The maximum Gasteiger partial charge on any atom is 0.268 e. The van der Waals surface area contributed by atoms with Crippen molar-refractivity contribution >= 4 is 5.69 Å². The molecule has 1 N–H and O–H groups in total. The smallest absolute Gasteiger partial charge is 0.268 e. The van der Waals surface area contributed by atoms with E-state index in [1.165, 1.54) is 17.5 Å². The predicted octanol–water partition coefficient (Wildman–Crippen LogP) is 1.46. The molecule has 0 amide bonds. The third-order valence-electron chi connectivity index (χ3n) is 3.12. The van der Waals surface area contributed by atoms with Gasteiger partial charge in [-0.3, -0.25) is 9.78 Å². The van der Waals surface area contributed by atoms with Crippen LogP contribution in [0, 0.1) is 0 Å².